The molecule has 4 nitrogen and oxygen atoms in total. The van der Waals surface area contributed by atoms with Crippen LogP contribution in [0.5, 0.6) is 0 Å². The normalized spacial score (nSPS) is 8.43. The van der Waals surface area contributed by atoms with Crippen LogP contribution in [0.2, 0.25) is 0 Å². The standard InChI is InChI=1S/As.Mg.H3O4P/c;;1-5(2,3)4/h;;(H3,1,2,3,4)/q+3;+2;. The molecule has 0 atom stereocenters. The molecule has 7 heavy (non-hydrogen) atoms. The maximum absolute atomic E-state index is 8.88. The van der Waals surface area contributed by atoms with Crippen molar-refractivity contribution in [1.29, 1.82) is 0 Å². The molecule has 0 fully saturated rings. The van der Waals surface area contributed by atoms with Gasteiger partial charge in [-0.1, -0.05) is 0 Å². The van der Waals surface area contributed by atoms with Crippen molar-refractivity contribution in [3.8, 4) is 0 Å². The second kappa shape index (κ2) is 5.57. The third-order valence-electron chi connectivity index (χ3n) is 0. The predicted molar refractivity (Wildman–Crippen MR) is 25.8 cm³/mol. The fourth-order valence-electron chi connectivity index (χ4n) is 0. The Labute approximate surface area is 68.0 Å². The van der Waals surface area contributed by atoms with Crippen LogP contribution in [0.25, 0.3) is 0 Å². The van der Waals surface area contributed by atoms with Crippen LogP contribution in [-0.2, 0) is 4.57 Å². The van der Waals surface area contributed by atoms with Crippen molar-refractivity contribution in [2.24, 2.45) is 0 Å². The van der Waals surface area contributed by atoms with Gasteiger partial charge in [-0.05, 0) is 0 Å². The van der Waals surface area contributed by atoms with Crippen LogP contribution in [0.1, 0.15) is 0 Å². The Morgan fingerprint density at radius 2 is 1.14 bits per heavy atom. The summed E-state index contributed by atoms with van der Waals surface area (Å²) in [6, 6.07) is 0. The van der Waals surface area contributed by atoms with E-state index in [-0.39, 0.29) is 41.0 Å². The molecule has 0 spiro atoms. The average Bonchev–Trinajstić information content (AvgIpc) is 0.722. The molecule has 7 heteroatoms. The zero-order valence-electron chi connectivity index (χ0n) is 3.35. The maximum Gasteiger partial charge on any atom is 3.00 e. The van der Waals surface area contributed by atoms with E-state index < -0.39 is 7.82 Å². The van der Waals surface area contributed by atoms with Gasteiger partial charge in [-0.25, -0.2) is 4.57 Å². The van der Waals surface area contributed by atoms with Crippen molar-refractivity contribution in [2.75, 3.05) is 0 Å². The summed E-state index contributed by atoms with van der Waals surface area (Å²) >= 11 is 0. The molecule has 0 aliphatic rings. The molecule has 0 aliphatic heterocycles. The van der Waals surface area contributed by atoms with Crippen molar-refractivity contribution >= 4 is 48.8 Å². The first kappa shape index (κ1) is 15.8. The summed E-state index contributed by atoms with van der Waals surface area (Å²) in [7, 11) is -4.64. The molecule has 3 N–H and O–H groups in total. The smallest absolute Gasteiger partial charge is 0.303 e. The quantitative estimate of drug-likeness (QED) is 0.320. The number of phosphoric acid groups is 1. The van der Waals surface area contributed by atoms with Gasteiger partial charge in [0.1, 0.15) is 0 Å². The van der Waals surface area contributed by atoms with Crippen LogP contribution < -0.4 is 0 Å². The van der Waals surface area contributed by atoms with E-state index in [9.17, 15) is 0 Å². The van der Waals surface area contributed by atoms with Gasteiger partial charge in [0.25, 0.3) is 0 Å². The van der Waals surface area contributed by atoms with Gasteiger partial charge in [0.15, 0.2) is 0 Å². The SMILES string of the molecule is O=P(O)(O)O.[As+3].[Mg+2]. The molecule has 0 aliphatic carbocycles. The van der Waals surface area contributed by atoms with Gasteiger partial charge in [-0.3, -0.25) is 0 Å². The zero-order valence-corrected chi connectivity index (χ0v) is 7.54. The first-order chi connectivity index (χ1) is 2.00. The summed E-state index contributed by atoms with van der Waals surface area (Å²) in [5, 5.41) is 0. The molecule has 0 bridgehead atoms. The molecule has 0 saturated carbocycles. The van der Waals surface area contributed by atoms with Gasteiger partial charge < -0.3 is 14.7 Å². The van der Waals surface area contributed by atoms with E-state index in [4.69, 9.17) is 19.2 Å². The molecule has 0 saturated heterocycles. The number of rotatable bonds is 0. The van der Waals surface area contributed by atoms with Crippen LogP contribution in [0, 0.1) is 0 Å². The molecule has 34 valence electrons. The van der Waals surface area contributed by atoms with E-state index in [1.165, 1.54) is 0 Å². The molecule has 0 amide bonds. The van der Waals surface area contributed by atoms with Crippen molar-refractivity contribution in [1.82, 2.24) is 0 Å². The fraction of sp³-hybridized carbons (Fsp3) is 0. The van der Waals surface area contributed by atoms with Crippen LogP contribution >= 0.6 is 7.82 Å². The first-order valence-corrected chi connectivity index (χ1v) is 2.35. The second-order valence-electron chi connectivity index (χ2n) is 0.513. The molecule has 0 rings (SSSR count). The molecule has 0 aromatic heterocycles. The summed E-state index contributed by atoms with van der Waals surface area (Å²) < 4.78 is 8.88. The Balaban J connectivity index is -0.0000000800. The third-order valence-corrected chi connectivity index (χ3v) is 0. The van der Waals surface area contributed by atoms with Gasteiger partial charge in [0.05, 0.1) is 0 Å². The van der Waals surface area contributed by atoms with Crippen LogP contribution in [0.15, 0.2) is 0 Å². The van der Waals surface area contributed by atoms with Gasteiger partial charge >= 0.3 is 48.8 Å². The number of hydrogen-bond donors (Lipinski definition) is 3. The molecule has 0 aromatic carbocycles. The Morgan fingerprint density at radius 1 is 1.14 bits per heavy atom. The minimum Gasteiger partial charge on any atom is -0.303 e. The topological polar surface area (TPSA) is 77.8 Å². The largest absolute Gasteiger partial charge is 3.00 e. The van der Waals surface area contributed by atoms with Crippen molar-refractivity contribution < 1.29 is 19.2 Å². The van der Waals surface area contributed by atoms with Gasteiger partial charge in [-0.2, -0.15) is 0 Å². The van der Waals surface area contributed by atoms with Gasteiger partial charge in [-0.15, -0.1) is 0 Å². The predicted octanol–water partition coefficient (Wildman–Crippen LogP) is -1.69. The Hall–Kier alpha value is 1.43. The van der Waals surface area contributed by atoms with Crippen molar-refractivity contribution in [3.05, 3.63) is 0 Å². The summed E-state index contributed by atoms with van der Waals surface area (Å²) in [6.45, 7) is 0. The molecular formula is H3AsMgO4P+5. The van der Waals surface area contributed by atoms with Crippen LogP contribution in [-0.4, -0.2) is 55.7 Å². The average molecular weight is 197 g/mol. The van der Waals surface area contributed by atoms with E-state index in [1.807, 2.05) is 0 Å². The molecular weight excluding hydrogens is 194 g/mol. The summed E-state index contributed by atoms with van der Waals surface area (Å²) in [4.78, 5) is 21.6. The zero-order chi connectivity index (χ0) is 4.50. The molecule has 0 heterocycles. The first-order valence-electron chi connectivity index (χ1n) is 0.783. The van der Waals surface area contributed by atoms with Crippen LogP contribution in [0.3, 0.4) is 0 Å². The third kappa shape index (κ3) is 107. The van der Waals surface area contributed by atoms with E-state index in [2.05, 4.69) is 0 Å². The number of hydrogen-bond acceptors (Lipinski definition) is 1. The summed E-state index contributed by atoms with van der Waals surface area (Å²) in [5.41, 5.74) is 0. The summed E-state index contributed by atoms with van der Waals surface area (Å²) in [5.74, 6) is 0. The van der Waals surface area contributed by atoms with Gasteiger partial charge in [0.2, 0.25) is 0 Å². The monoisotopic (exact) mass is 197 g/mol. The summed E-state index contributed by atoms with van der Waals surface area (Å²) in [6.07, 6.45) is 0. The van der Waals surface area contributed by atoms with Crippen molar-refractivity contribution in [2.45, 2.75) is 0 Å². The Kier molecular flexibility index (Phi) is 12.6. The van der Waals surface area contributed by atoms with E-state index in [0.29, 0.717) is 0 Å². The maximum atomic E-state index is 8.88. The molecule has 0 aromatic rings. The van der Waals surface area contributed by atoms with E-state index in [1.54, 1.807) is 0 Å². The van der Waals surface area contributed by atoms with E-state index >= 15 is 0 Å². The minimum atomic E-state index is -4.64. The molecule has 0 unspecified atom stereocenters. The second-order valence-corrected chi connectivity index (χ2v) is 1.54. The Morgan fingerprint density at radius 3 is 1.14 bits per heavy atom. The fourth-order valence-corrected chi connectivity index (χ4v) is 0. The molecule has 2 radical (unpaired) electrons. The minimum absolute atomic E-state index is 0. The van der Waals surface area contributed by atoms with Crippen molar-refractivity contribution in [3.63, 3.8) is 0 Å². The van der Waals surface area contributed by atoms with Crippen LogP contribution in [0.4, 0.5) is 0 Å². The Bertz CT molecular complexity index is 57.8. The van der Waals surface area contributed by atoms with Gasteiger partial charge in [0, 0.05) is 0 Å². The van der Waals surface area contributed by atoms with E-state index in [0.717, 1.165) is 0 Å².